The number of hydrogen-bond acceptors (Lipinski definition) is 5. The highest BCUT2D eigenvalue weighted by atomic mass is 16.1. The molecule has 2 N–H and O–H groups in total. The number of aromatic amines is 1. The summed E-state index contributed by atoms with van der Waals surface area (Å²) in [6.45, 7) is 13.2. The summed E-state index contributed by atoms with van der Waals surface area (Å²) in [5, 5.41) is 12.1. The number of piperazine rings is 1. The highest BCUT2D eigenvalue weighted by molar-refractivity contribution is 6.04. The Morgan fingerprint density at radius 3 is 2.59 bits per heavy atom. The van der Waals surface area contributed by atoms with E-state index in [0.717, 1.165) is 56.8 Å². The predicted molar refractivity (Wildman–Crippen MR) is 135 cm³/mol. The van der Waals surface area contributed by atoms with Gasteiger partial charge in [-0.1, -0.05) is 19.9 Å². The van der Waals surface area contributed by atoms with Gasteiger partial charge in [-0.2, -0.15) is 5.26 Å². The molecule has 180 valence electrons. The van der Waals surface area contributed by atoms with Crippen LogP contribution in [0.5, 0.6) is 0 Å². The number of allylic oxidation sites excluding steroid dienone is 2. The molecule has 0 bridgehead atoms. The van der Waals surface area contributed by atoms with Crippen LogP contribution in [0.2, 0.25) is 0 Å². The summed E-state index contributed by atoms with van der Waals surface area (Å²) in [5.41, 5.74) is 4.64. The average molecular weight is 461 g/mol. The Hall–Kier alpha value is -2.95. The van der Waals surface area contributed by atoms with E-state index in [1.807, 2.05) is 12.1 Å². The second-order valence-corrected chi connectivity index (χ2v) is 10.9. The van der Waals surface area contributed by atoms with Crippen LogP contribution in [0.25, 0.3) is 5.57 Å². The Morgan fingerprint density at radius 2 is 1.97 bits per heavy atom. The number of nitriles is 1. The molecule has 7 heteroatoms. The maximum atomic E-state index is 12.9. The smallest absolute Gasteiger partial charge is 0.272 e. The largest absolute Gasteiger partial charge is 0.356 e. The van der Waals surface area contributed by atoms with Crippen LogP contribution < -0.4 is 5.32 Å². The minimum Gasteiger partial charge on any atom is -0.356 e. The maximum absolute atomic E-state index is 12.9. The number of pyridine rings is 1. The first-order valence-corrected chi connectivity index (χ1v) is 12.1. The Labute approximate surface area is 202 Å². The number of likely N-dealkylation sites (N-methyl/N-ethyl adjacent to an activating group) is 1. The quantitative estimate of drug-likeness (QED) is 0.680. The Morgan fingerprint density at radius 1 is 1.24 bits per heavy atom. The van der Waals surface area contributed by atoms with Crippen LogP contribution >= 0.6 is 0 Å². The molecule has 0 spiro atoms. The van der Waals surface area contributed by atoms with E-state index in [1.54, 1.807) is 12.3 Å². The summed E-state index contributed by atoms with van der Waals surface area (Å²) in [5.74, 6) is -0.271. The molecule has 0 saturated carbocycles. The van der Waals surface area contributed by atoms with Gasteiger partial charge in [-0.3, -0.25) is 9.69 Å². The molecule has 2 aromatic rings. The molecule has 34 heavy (non-hydrogen) atoms. The predicted octanol–water partition coefficient (Wildman–Crippen LogP) is 4.61. The van der Waals surface area contributed by atoms with Crippen LogP contribution in [0.15, 0.2) is 30.5 Å². The van der Waals surface area contributed by atoms with Gasteiger partial charge in [0.2, 0.25) is 0 Å². The molecule has 0 radical (unpaired) electrons. The van der Waals surface area contributed by atoms with Crippen LogP contribution in [-0.2, 0) is 5.54 Å². The molecule has 4 rings (SSSR count). The molecule has 2 aliphatic rings. The van der Waals surface area contributed by atoms with E-state index >= 15 is 0 Å². The molecule has 1 amide bonds. The van der Waals surface area contributed by atoms with E-state index in [9.17, 15) is 4.79 Å². The van der Waals surface area contributed by atoms with Crippen molar-refractivity contribution in [3.63, 3.8) is 0 Å². The lowest BCUT2D eigenvalue weighted by atomic mass is 9.77. The van der Waals surface area contributed by atoms with Crippen molar-refractivity contribution >= 4 is 17.2 Å². The lowest BCUT2D eigenvalue weighted by Gasteiger charge is -2.43. The third-order valence-electron chi connectivity index (χ3n) is 7.40. The fourth-order valence-electron chi connectivity index (χ4n) is 4.74. The Balaban J connectivity index is 1.68. The molecule has 3 heterocycles. The highest BCUT2D eigenvalue weighted by Gasteiger charge is 2.33. The monoisotopic (exact) mass is 460 g/mol. The van der Waals surface area contributed by atoms with Gasteiger partial charge in [0, 0.05) is 32.4 Å². The van der Waals surface area contributed by atoms with Crippen LogP contribution in [0.4, 0.5) is 5.69 Å². The third kappa shape index (κ3) is 5.08. The SMILES string of the molecule is CN1CCN(C(C)(C)c2ccc(NC(=O)c3cc(C#N)c[nH]3)c(C3=CCC(C)(C)CC3)n2)CC1. The second-order valence-electron chi connectivity index (χ2n) is 10.9. The van der Waals surface area contributed by atoms with Crippen molar-refractivity contribution < 1.29 is 4.79 Å². The van der Waals surface area contributed by atoms with Crippen molar-refractivity contribution in [3.05, 3.63) is 53.1 Å². The molecule has 7 nitrogen and oxygen atoms in total. The molecule has 2 aromatic heterocycles. The van der Waals surface area contributed by atoms with Crippen molar-refractivity contribution in [1.29, 1.82) is 5.26 Å². The van der Waals surface area contributed by atoms with Gasteiger partial charge in [-0.25, -0.2) is 4.98 Å². The number of nitrogens with zero attached hydrogens (tertiary/aromatic N) is 4. The molecule has 1 fully saturated rings. The maximum Gasteiger partial charge on any atom is 0.272 e. The molecule has 0 unspecified atom stereocenters. The zero-order valence-corrected chi connectivity index (χ0v) is 21.0. The topological polar surface area (TPSA) is 88.0 Å². The van der Waals surface area contributed by atoms with Gasteiger partial charge in [0.1, 0.15) is 11.8 Å². The Bertz CT molecular complexity index is 1130. The molecular formula is C27H36N6O. The first kappa shape index (κ1) is 24.2. The van der Waals surface area contributed by atoms with Gasteiger partial charge < -0.3 is 15.2 Å². The van der Waals surface area contributed by atoms with E-state index in [0.29, 0.717) is 16.9 Å². The number of amides is 1. The van der Waals surface area contributed by atoms with Crippen LogP contribution in [-0.4, -0.2) is 58.9 Å². The molecule has 1 aliphatic heterocycles. The molecule has 1 saturated heterocycles. The number of carbonyl (C=O) groups excluding carboxylic acids is 1. The number of hydrogen-bond donors (Lipinski definition) is 2. The van der Waals surface area contributed by atoms with Crippen molar-refractivity contribution in [3.8, 4) is 6.07 Å². The van der Waals surface area contributed by atoms with Crippen molar-refractivity contribution in [2.75, 3.05) is 38.5 Å². The van der Waals surface area contributed by atoms with E-state index in [1.165, 1.54) is 5.57 Å². The Kier molecular flexibility index (Phi) is 6.66. The van der Waals surface area contributed by atoms with Gasteiger partial charge in [-0.15, -0.1) is 0 Å². The lowest BCUT2D eigenvalue weighted by Crippen LogP contribution is -2.52. The van der Waals surface area contributed by atoms with E-state index in [4.69, 9.17) is 10.2 Å². The van der Waals surface area contributed by atoms with Gasteiger partial charge in [0.25, 0.3) is 5.91 Å². The van der Waals surface area contributed by atoms with E-state index in [2.05, 4.69) is 67.0 Å². The zero-order valence-electron chi connectivity index (χ0n) is 21.0. The van der Waals surface area contributed by atoms with Gasteiger partial charge in [-0.05, 0) is 69.3 Å². The summed E-state index contributed by atoms with van der Waals surface area (Å²) < 4.78 is 0. The summed E-state index contributed by atoms with van der Waals surface area (Å²) >= 11 is 0. The van der Waals surface area contributed by atoms with Crippen molar-refractivity contribution in [2.45, 2.75) is 52.5 Å². The first-order chi connectivity index (χ1) is 16.1. The minimum atomic E-state index is -0.271. The first-order valence-electron chi connectivity index (χ1n) is 12.1. The number of nitrogens with one attached hydrogen (secondary N) is 2. The van der Waals surface area contributed by atoms with Gasteiger partial charge >= 0.3 is 0 Å². The number of aromatic nitrogens is 2. The van der Waals surface area contributed by atoms with Crippen LogP contribution in [0, 0.1) is 16.7 Å². The molecule has 0 atom stereocenters. The zero-order chi connectivity index (χ0) is 24.5. The van der Waals surface area contributed by atoms with Crippen LogP contribution in [0.1, 0.15) is 74.4 Å². The normalized spacial score (nSPS) is 19.4. The molecular weight excluding hydrogens is 424 g/mol. The van der Waals surface area contributed by atoms with E-state index < -0.39 is 0 Å². The summed E-state index contributed by atoms with van der Waals surface area (Å²) in [4.78, 5) is 25.9. The summed E-state index contributed by atoms with van der Waals surface area (Å²) in [6.07, 6.45) is 6.84. The van der Waals surface area contributed by atoms with Crippen molar-refractivity contribution in [1.82, 2.24) is 19.8 Å². The highest BCUT2D eigenvalue weighted by Crippen LogP contribution is 2.40. The van der Waals surface area contributed by atoms with Gasteiger partial charge in [0.05, 0.1) is 28.2 Å². The summed E-state index contributed by atoms with van der Waals surface area (Å²) in [7, 11) is 2.17. The van der Waals surface area contributed by atoms with Crippen LogP contribution in [0.3, 0.4) is 0 Å². The third-order valence-corrected chi connectivity index (χ3v) is 7.40. The van der Waals surface area contributed by atoms with Gasteiger partial charge in [0.15, 0.2) is 0 Å². The molecule has 0 aromatic carbocycles. The standard InChI is InChI=1S/C27H36N6O/c1-26(2)10-8-20(9-11-26)24-21(30-25(34)22-16-19(17-28)18-29-22)6-7-23(31-24)27(3,4)33-14-12-32(5)13-15-33/h6-8,16,18,29H,9-15H2,1-5H3,(H,30,34). The number of rotatable bonds is 5. The second kappa shape index (κ2) is 9.36. The number of carbonyl (C=O) groups is 1. The lowest BCUT2D eigenvalue weighted by molar-refractivity contribution is 0.0580. The van der Waals surface area contributed by atoms with E-state index in [-0.39, 0.29) is 16.9 Å². The number of anilines is 1. The minimum absolute atomic E-state index is 0.214. The fourth-order valence-corrected chi connectivity index (χ4v) is 4.74. The fraction of sp³-hybridized carbons (Fsp3) is 0.519. The van der Waals surface area contributed by atoms with Crippen molar-refractivity contribution in [2.24, 2.45) is 5.41 Å². The average Bonchev–Trinajstić information content (AvgIpc) is 3.29. The molecule has 1 aliphatic carbocycles. The number of H-pyrrole nitrogens is 1. The summed E-state index contributed by atoms with van der Waals surface area (Å²) in [6, 6.07) is 7.65.